The standard InChI is InChI=1S/C36H32ClN5O3/c37-28-10-17-33-34(19-20-38-35(33)23-28)39-29-11-15-32(16-12-29)45-25-30-24-42(41-40-30)21-3-4-22-44-31-13-8-27(9-14-31)36(43)18-7-26-5-1-2-6-26/h1,5-20,23-24H,2-4,21-22,25H2,(H,38,39)/b18-7+. The summed E-state index contributed by atoms with van der Waals surface area (Å²) < 4.78 is 13.6. The summed E-state index contributed by atoms with van der Waals surface area (Å²) in [6.07, 6.45) is 16.0. The Morgan fingerprint density at radius 3 is 2.62 bits per heavy atom. The largest absolute Gasteiger partial charge is 0.494 e. The molecule has 8 nitrogen and oxygen atoms in total. The van der Waals surface area contributed by atoms with Gasteiger partial charge in [-0.3, -0.25) is 14.5 Å². The zero-order valence-electron chi connectivity index (χ0n) is 24.6. The number of rotatable bonds is 14. The number of nitrogens with zero attached hydrogens (tertiary/aromatic N) is 4. The number of fused-ring (bicyclic) bond motifs is 1. The molecule has 0 saturated heterocycles. The molecular formula is C36H32ClN5O3. The first kappa shape index (κ1) is 29.8. The molecule has 0 atom stereocenters. The number of halogens is 1. The highest BCUT2D eigenvalue weighted by Gasteiger charge is 2.07. The van der Waals surface area contributed by atoms with Gasteiger partial charge >= 0.3 is 0 Å². The molecule has 1 aliphatic rings. The van der Waals surface area contributed by atoms with E-state index in [9.17, 15) is 4.79 Å². The van der Waals surface area contributed by atoms with Crippen molar-refractivity contribution in [1.82, 2.24) is 20.0 Å². The number of allylic oxidation sites excluding steroid dienone is 6. The van der Waals surface area contributed by atoms with Crippen molar-refractivity contribution in [3.05, 3.63) is 137 Å². The lowest BCUT2D eigenvalue weighted by molar-refractivity contribution is 0.104. The first-order valence-corrected chi connectivity index (χ1v) is 15.2. The molecule has 1 aliphatic carbocycles. The molecule has 0 bridgehead atoms. The van der Waals surface area contributed by atoms with Gasteiger partial charge in [-0.05, 0) is 104 Å². The van der Waals surface area contributed by atoms with Crippen molar-refractivity contribution in [2.75, 3.05) is 11.9 Å². The predicted molar refractivity (Wildman–Crippen MR) is 177 cm³/mol. The number of unbranched alkanes of at least 4 members (excludes halogenated alkanes) is 1. The predicted octanol–water partition coefficient (Wildman–Crippen LogP) is 8.29. The highest BCUT2D eigenvalue weighted by Crippen LogP contribution is 2.28. The Bertz CT molecular complexity index is 1860. The lowest BCUT2D eigenvalue weighted by Crippen LogP contribution is -2.03. The first-order chi connectivity index (χ1) is 22.1. The minimum atomic E-state index is -0.0203. The van der Waals surface area contributed by atoms with E-state index < -0.39 is 0 Å². The Balaban J connectivity index is 0.896. The molecule has 0 radical (unpaired) electrons. The number of hydrogen-bond acceptors (Lipinski definition) is 7. The maximum atomic E-state index is 12.4. The van der Waals surface area contributed by atoms with E-state index in [1.165, 1.54) is 0 Å². The van der Waals surface area contributed by atoms with Gasteiger partial charge in [-0.25, -0.2) is 0 Å². The van der Waals surface area contributed by atoms with Gasteiger partial charge in [-0.2, -0.15) is 0 Å². The van der Waals surface area contributed by atoms with Gasteiger partial charge in [-0.1, -0.05) is 41.1 Å². The van der Waals surface area contributed by atoms with Crippen LogP contribution in [0.15, 0.2) is 121 Å². The number of ketones is 1. The number of benzene rings is 3. The Labute approximate surface area is 266 Å². The van der Waals surface area contributed by atoms with Gasteiger partial charge in [0.2, 0.25) is 0 Å². The topological polar surface area (TPSA) is 91.2 Å². The number of aryl methyl sites for hydroxylation is 1. The van der Waals surface area contributed by atoms with Gasteiger partial charge in [0.05, 0.1) is 18.3 Å². The minimum Gasteiger partial charge on any atom is -0.494 e. The number of nitrogens with one attached hydrogen (secondary N) is 1. The van der Waals surface area contributed by atoms with E-state index in [1.807, 2.05) is 83.7 Å². The van der Waals surface area contributed by atoms with E-state index in [-0.39, 0.29) is 5.78 Å². The van der Waals surface area contributed by atoms with Crippen molar-refractivity contribution in [2.24, 2.45) is 0 Å². The summed E-state index contributed by atoms with van der Waals surface area (Å²) in [5.41, 5.74) is 5.19. The second-order valence-electron chi connectivity index (χ2n) is 10.6. The van der Waals surface area contributed by atoms with Gasteiger partial charge in [0.1, 0.15) is 23.8 Å². The number of anilines is 2. The minimum absolute atomic E-state index is 0.0203. The van der Waals surface area contributed by atoms with Crippen LogP contribution in [-0.2, 0) is 13.2 Å². The van der Waals surface area contributed by atoms with E-state index in [4.69, 9.17) is 21.1 Å². The maximum absolute atomic E-state index is 12.4. The van der Waals surface area contributed by atoms with Crippen LogP contribution in [0.4, 0.5) is 11.4 Å². The summed E-state index contributed by atoms with van der Waals surface area (Å²) in [5, 5.41) is 13.5. The Hall–Kier alpha value is -5.21. The van der Waals surface area contributed by atoms with Crippen LogP contribution < -0.4 is 14.8 Å². The van der Waals surface area contributed by atoms with Crippen LogP contribution in [0.3, 0.4) is 0 Å². The van der Waals surface area contributed by atoms with Crippen LogP contribution in [0.25, 0.3) is 10.9 Å². The number of carbonyl (C=O) groups is 1. The van der Waals surface area contributed by atoms with Crippen molar-refractivity contribution < 1.29 is 14.3 Å². The molecule has 3 aromatic carbocycles. The fourth-order valence-electron chi connectivity index (χ4n) is 4.84. The molecule has 5 aromatic rings. The molecule has 0 unspecified atom stereocenters. The van der Waals surface area contributed by atoms with Crippen LogP contribution in [0.1, 0.15) is 35.3 Å². The second-order valence-corrected chi connectivity index (χ2v) is 11.0. The molecule has 226 valence electrons. The molecule has 0 fully saturated rings. The van der Waals surface area contributed by atoms with Crippen LogP contribution in [0.5, 0.6) is 11.5 Å². The van der Waals surface area contributed by atoms with Gasteiger partial charge in [0, 0.05) is 40.1 Å². The fourth-order valence-corrected chi connectivity index (χ4v) is 5.01. The molecule has 0 saturated carbocycles. The molecular weight excluding hydrogens is 586 g/mol. The SMILES string of the molecule is O=C(/C=C/C1=CCC=C1)c1ccc(OCCCCn2cc(COc3ccc(Nc4ccnc5cc(Cl)ccc45)cc3)nn2)cc1. The van der Waals surface area contributed by atoms with Crippen molar-refractivity contribution in [1.29, 1.82) is 0 Å². The van der Waals surface area contributed by atoms with Crippen molar-refractivity contribution >= 4 is 39.7 Å². The zero-order chi connectivity index (χ0) is 30.8. The number of ether oxygens (including phenoxy) is 2. The third-order valence-electron chi connectivity index (χ3n) is 7.23. The summed E-state index contributed by atoms with van der Waals surface area (Å²) in [6, 6.07) is 22.7. The second kappa shape index (κ2) is 14.5. The van der Waals surface area contributed by atoms with E-state index in [0.29, 0.717) is 23.8 Å². The summed E-state index contributed by atoms with van der Waals surface area (Å²) in [4.78, 5) is 16.8. The van der Waals surface area contributed by atoms with E-state index >= 15 is 0 Å². The number of aromatic nitrogens is 4. The third-order valence-corrected chi connectivity index (χ3v) is 7.46. The normalized spacial score (nSPS) is 12.5. The van der Waals surface area contributed by atoms with Crippen molar-refractivity contribution in [2.45, 2.75) is 32.4 Å². The smallest absolute Gasteiger partial charge is 0.185 e. The molecule has 0 amide bonds. The Kier molecular flexibility index (Phi) is 9.62. The summed E-state index contributed by atoms with van der Waals surface area (Å²) in [5.74, 6) is 1.47. The molecule has 0 aliphatic heterocycles. The van der Waals surface area contributed by atoms with E-state index in [2.05, 4.69) is 32.8 Å². The molecule has 2 heterocycles. The quantitative estimate of drug-likeness (QED) is 0.0761. The molecule has 0 spiro atoms. The van der Waals surface area contributed by atoms with Gasteiger partial charge in [-0.15, -0.1) is 5.10 Å². The number of pyridine rings is 1. The zero-order valence-corrected chi connectivity index (χ0v) is 25.4. The maximum Gasteiger partial charge on any atom is 0.185 e. The third kappa shape index (κ3) is 8.25. The Morgan fingerprint density at radius 2 is 1.80 bits per heavy atom. The van der Waals surface area contributed by atoms with Crippen LogP contribution in [0, 0.1) is 0 Å². The van der Waals surface area contributed by atoms with E-state index in [1.54, 1.807) is 24.4 Å². The summed E-state index contributed by atoms with van der Waals surface area (Å²) in [6.45, 7) is 1.64. The lowest BCUT2D eigenvalue weighted by atomic mass is 10.1. The number of carbonyl (C=O) groups excluding carboxylic acids is 1. The van der Waals surface area contributed by atoms with Crippen LogP contribution in [0.2, 0.25) is 5.02 Å². The highest BCUT2D eigenvalue weighted by atomic mass is 35.5. The van der Waals surface area contributed by atoms with Gasteiger partial charge in [0.25, 0.3) is 0 Å². The molecule has 45 heavy (non-hydrogen) atoms. The lowest BCUT2D eigenvalue weighted by Gasteiger charge is -2.10. The average molecular weight is 618 g/mol. The first-order valence-electron chi connectivity index (χ1n) is 14.8. The molecule has 9 heteroatoms. The molecule has 1 N–H and O–H groups in total. The molecule has 6 rings (SSSR count). The van der Waals surface area contributed by atoms with Gasteiger partial charge in [0.15, 0.2) is 5.78 Å². The van der Waals surface area contributed by atoms with Crippen molar-refractivity contribution in [3.8, 4) is 11.5 Å². The number of hydrogen-bond donors (Lipinski definition) is 1. The van der Waals surface area contributed by atoms with Gasteiger partial charge < -0.3 is 14.8 Å². The van der Waals surface area contributed by atoms with E-state index in [0.717, 1.165) is 70.9 Å². The Morgan fingerprint density at radius 1 is 0.978 bits per heavy atom. The fraction of sp³-hybridized carbons (Fsp3) is 0.167. The average Bonchev–Trinajstić information content (AvgIpc) is 3.76. The van der Waals surface area contributed by atoms with Crippen LogP contribution in [-0.4, -0.2) is 32.4 Å². The monoisotopic (exact) mass is 617 g/mol. The molecule has 2 aromatic heterocycles. The summed E-state index contributed by atoms with van der Waals surface area (Å²) in [7, 11) is 0. The highest BCUT2D eigenvalue weighted by molar-refractivity contribution is 6.31. The van der Waals surface area contributed by atoms with Crippen LogP contribution >= 0.6 is 11.6 Å². The summed E-state index contributed by atoms with van der Waals surface area (Å²) >= 11 is 6.11. The van der Waals surface area contributed by atoms with Crippen molar-refractivity contribution in [3.63, 3.8) is 0 Å².